The highest BCUT2D eigenvalue weighted by Crippen LogP contribution is 2.40. The Morgan fingerprint density at radius 3 is 2.33 bits per heavy atom. The molecule has 0 unspecified atom stereocenters. The number of carbonyl (C=O) groups is 2. The van der Waals surface area contributed by atoms with E-state index in [-0.39, 0.29) is 19.1 Å². The molecule has 0 aliphatic carbocycles. The summed E-state index contributed by atoms with van der Waals surface area (Å²) < 4.78 is 10.8. The fourth-order valence-corrected chi connectivity index (χ4v) is 4.20. The van der Waals surface area contributed by atoms with Crippen molar-refractivity contribution in [3.8, 4) is 16.9 Å². The molecule has 3 rings (SSSR count). The van der Waals surface area contributed by atoms with Gasteiger partial charge in [0, 0.05) is 10.4 Å². The van der Waals surface area contributed by atoms with Crippen LogP contribution in [0, 0.1) is 6.92 Å². The lowest BCUT2D eigenvalue weighted by Crippen LogP contribution is -2.21. The summed E-state index contributed by atoms with van der Waals surface area (Å²) in [5.74, 6) is -0.159. The highest BCUT2D eigenvalue weighted by Gasteiger charge is 2.25. The third-order valence-electron chi connectivity index (χ3n) is 4.58. The number of hydrogen-bond donors (Lipinski definition) is 1. The molecule has 0 saturated heterocycles. The number of benzene rings is 2. The number of thiophene rings is 1. The van der Waals surface area contributed by atoms with Crippen LogP contribution in [0.15, 0.2) is 54.6 Å². The Balaban J connectivity index is 1.80. The van der Waals surface area contributed by atoms with Gasteiger partial charge >= 0.3 is 5.97 Å². The Bertz CT molecular complexity index is 1010. The second kappa shape index (κ2) is 10.1. The second-order valence-electron chi connectivity index (χ2n) is 6.66. The van der Waals surface area contributed by atoms with Crippen molar-refractivity contribution in [2.75, 3.05) is 18.5 Å². The van der Waals surface area contributed by atoms with Crippen LogP contribution in [0.2, 0.25) is 0 Å². The van der Waals surface area contributed by atoms with Crippen LogP contribution in [0.25, 0.3) is 11.1 Å². The van der Waals surface area contributed by atoms with E-state index in [4.69, 9.17) is 9.47 Å². The number of amides is 1. The monoisotopic (exact) mass is 423 g/mol. The molecule has 1 aromatic heterocycles. The molecule has 1 amide bonds. The summed E-state index contributed by atoms with van der Waals surface area (Å²) in [6.45, 7) is 5.88. The van der Waals surface area contributed by atoms with Crippen LogP contribution < -0.4 is 10.1 Å². The highest BCUT2D eigenvalue weighted by molar-refractivity contribution is 7.17. The zero-order valence-corrected chi connectivity index (χ0v) is 18.2. The van der Waals surface area contributed by atoms with Crippen molar-refractivity contribution in [2.45, 2.75) is 27.2 Å². The molecule has 0 fully saturated rings. The van der Waals surface area contributed by atoms with Gasteiger partial charge < -0.3 is 14.8 Å². The molecular weight excluding hydrogens is 398 g/mol. The molecule has 0 radical (unpaired) electrons. The Kier molecular flexibility index (Phi) is 7.25. The number of ether oxygens (including phenoxy) is 2. The average molecular weight is 424 g/mol. The topological polar surface area (TPSA) is 64.6 Å². The molecule has 5 nitrogen and oxygen atoms in total. The van der Waals surface area contributed by atoms with Crippen molar-refractivity contribution in [3.05, 3.63) is 70.6 Å². The van der Waals surface area contributed by atoms with Crippen molar-refractivity contribution in [1.29, 1.82) is 0 Å². The van der Waals surface area contributed by atoms with Crippen LogP contribution in [0.5, 0.6) is 5.75 Å². The maximum atomic E-state index is 12.7. The number of hydrogen-bond acceptors (Lipinski definition) is 5. The minimum atomic E-state index is -0.452. The molecular formula is C24H25NO4S. The Morgan fingerprint density at radius 1 is 1.00 bits per heavy atom. The highest BCUT2D eigenvalue weighted by atomic mass is 32.1. The fraction of sp³-hybridized carbons (Fsp3) is 0.250. The summed E-state index contributed by atoms with van der Waals surface area (Å²) in [6.07, 6.45) is 0.943. The molecule has 156 valence electrons. The molecule has 0 atom stereocenters. The van der Waals surface area contributed by atoms with Gasteiger partial charge in [-0.2, -0.15) is 0 Å². The van der Waals surface area contributed by atoms with Gasteiger partial charge in [0.2, 0.25) is 0 Å². The number of rotatable bonds is 8. The Labute approximate surface area is 180 Å². The molecule has 0 aliphatic rings. The summed E-state index contributed by atoms with van der Waals surface area (Å²) in [6, 6.07) is 17.3. The predicted molar refractivity (Wildman–Crippen MR) is 120 cm³/mol. The molecule has 30 heavy (non-hydrogen) atoms. The first-order chi connectivity index (χ1) is 14.5. The maximum absolute atomic E-state index is 12.7. The lowest BCUT2D eigenvalue weighted by atomic mass is 10.0. The molecule has 0 bridgehead atoms. The SMILES string of the molecule is CCOC(=O)c1c(NC(=O)COc2ccc(CC)cc2)sc(C)c1-c1ccccc1. The van der Waals surface area contributed by atoms with E-state index in [2.05, 4.69) is 12.2 Å². The summed E-state index contributed by atoms with van der Waals surface area (Å²) in [4.78, 5) is 26.1. The van der Waals surface area contributed by atoms with E-state index in [1.54, 1.807) is 6.92 Å². The first-order valence-corrected chi connectivity index (χ1v) is 10.7. The number of nitrogens with one attached hydrogen (secondary N) is 1. The van der Waals surface area contributed by atoms with Crippen molar-refractivity contribution < 1.29 is 19.1 Å². The Hall–Kier alpha value is -3.12. The van der Waals surface area contributed by atoms with E-state index in [1.165, 1.54) is 16.9 Å². The largest absolute Gasteiger partial charge is 0.484 e. The Morgan fingerprint density at radius 2 is 1.70 bits per heavy atom. The molecule has 3 aromatic rings. The second-order valence-corrected chi connectivity index (χ2v) is 7.88. The molecule has 1 N–H and O–H groups in total. The molecule has 0 saturated carbocycles. The van der Waals surface area contributed by atoms with Crippen molar-refractivity contribution in [2.24, 2.45) is 0 Å². The zero-order chi connectivity index (χ0) is 21.5. The van der Waals surface area contributed by atoms with Gasteiger partial charge in [0.15, 0.2) is 6.61 Å². The standard InChI is InChI=1S/C24H25NO4S/c1-4-17-11-13-19(14-12-17)29-15-20(26)25-23-22(24(27)28-5-2)21(16(3)30-23)18-9-7-6-8-10-18/h6-14H,4-5,15H2,1-3H3,(H,25,26). The number of aryl methyl sites for hydroxylation is 2. The van der Waals surface area contributed by atoms with Crippen LogP contribution in [0.1, 0.15) is 34.6 Å². The first kappa shape index (κ1) is 21.6. The maximum Gasteiger partial charge on any atom is 0.341 e. The van der Waals surface area contributed by atoms with Gasteiger partial charge in [0.25, 0.3) is 5.91 Å². The molecule has 2 aromatic carbocycles. The van der Waals surface area contributed by atoms with Gasteiger partial charge in [-0.25, -0.2) is 4.79 Å². The van der Waals surface area contributed by atoms with Crippen LogP contribution >= 0.6 is 11.3 Å². The molecule has 0 spiro atoms. The lowest BCUT2D eigenvalue weighted by molar-refractivity contribution is -0.118. The first-order valence-electron chi connectivity index (χ1n) is 9.91. The minimum absolute atomic E-state index is 0.147. The normalized spacial score (nSPS) is 10.5. The minimum Gasteiger partial charge on any atom is -0.484 e. The molecule has 1 heterocycles. The summed E-state index contributed by atoms with van der Waals surface area (Å²) in [5.41, 5.74) is 3.27. The summed E-state index contributed by atoms with van der Waals surface area (Å²) in [5, 5.41) is 3.30. The van der Waals surface area contributed by atoms with Crippen molar-refractivity contribution >= 4 is 28.2 Å². The predicted octanol–water partition coefficient (Wildman–Crippen LogP) is 5.48. The van der Waals surface area contributed by atoms with E-state index in [9.17, 15) is 9.59 Å². The van der Waals surface area contributed by atoms with Crippen molar-refractivity contribution in [3.63, 3.8) is 0 Å². The van der Waals surface area contributed by atoms with Crippen molar-refractivity contribution in [1.82, 2.24) is 0 Å². The molecule has 0 aliphatic heterocycles. The van der Waals surface area contributed by atoms with E-state index >= 15 is 0 Å². The third kappa shape index (κ3) is 5.07. The van der Waals surface area contributed by atoms with Gasteiger partial charge in [0.05, 0.1) is 6.61 Å². The van der Waals surface area contributed by atoms with Crippen LogP contribution in [-0.4, -0.2) is 25.1 Å². The van der Waals surface area contributed by atoms with Gasteiger partial charge in [-0.3, -0.25) is 4.79 Å². The quantitative estimate of drug-likeness (QED) is 0.487. The number of carbonyl (C=O) groups excluding carboxylic acids is 2. The zero-order valence-electron chi connectivity index (χ0n) is 17.4. The number of anilines is 1. The van der Waals surface area contributed by atoms with Gasteiger partial charge in [-0.15, -0.1) is 11.3 Å². The average Bonchev–Trinajstić information content (AvgIpc) is 3.09. The van der Waals surface area contributed by atoms with Gasteiger partial charge in [-0.05, 0) is 43.5 Å². The van der Waals surface area contributed by atoms with E-state index < -0.39 is 5.97 Å². The lowest BCUT2D eigenvalue weighted by Gasteiger charge is -2.10. The van der Waals surface area contributed by atoms with E-state index in [1.807, 2.05) is 61.5 Å². The molecule has 6 heteroatoms. The fourth-order valence-electron chi connectivity index (χ4n) is 3.12. The van der Waals surface area contributed by atoms with E-state index in [0.717, 1.165) is 22.4 Å². The van der Waals surface area contributed by atoms with Crippen LogP contribution in [0.3, 0.4) is 0 Å². The summed E-state index contributed by atoms with van der Waals surface area (Å²) >= 11 is 1.36. The third-order valence-corrected chi connectivity index (χ3v) is 5.60. The smallest absolute Gasteiger partial charge is 0.341 e. The van der Waals surface area contributed by atoms with Crippen LogP contribution in [-0.2, 0) is 16.0 Å². The van der Waals surface area contributed by atoms with E-state index in [0.29, 0.717) is 16.3 Å². The number of esters is 1. The summed E-state index contributed by atoms with van der Waals surface area (Å²) in [7, 11) is 0. The van der Waals surface area contributed by atoms with Crippen LogP contribution in [0.4, 0.5) is 5.00 Å². The van der Waals surface area contributed by atoms with Gasteiger partial charge in [-0.1, -0.05) is 49.4 Å². The van der Waals surface area contributed by atoms with Gasteiger partial charge in [0.1, 0.15) is 16.3 Å².